The van der Waals surface area contributed by atoms with Gasteiger partial charge >= 0.3 is 12.1 Å². The minimum Gasteiger partial charge on any atom is -0.479 e. The standard InChI is InChI=1S/C19H26N2O5/c1-18(2,3)26-17(25)20(4)13-15(22)21-12-8-11-19(21,16(23)24)14-9-6-5-7-10-14/h5-7,9-10H,8,11-13H2,1-4H3,(H,23,24)/t19-/m1/s1. The number of likely N-dealkylation sites (N-methyl/N-ethyl adjacent to an activating group) is 1. The Kier molecular flexibility index (Phi) is 5.59. The van der Waals surface area contributed by atoms with Crippen LogP contribution in [0.1, 0.15) is 39.2 Å². The molecule has 1 aromatic carbocycles. The molecule has 2 amide bonds. The number of carbonyl (C=O) groups excluding carboxylic acids is 2. The van der Waals surface area contributed by atoms with E-state index in [1.807, 2.05) is 0 Å². The van der Waals surface area contributed by atoms with Crippen LogP contribution in [0.5, 0.6) is 0 Å². The van der Waals surface area contributed by atoms with Crippen molar-refractivity contribution >= 4 is 18.0 Å². The Morgan fingerprint density at radius 3 is 2.38 bits per heavy atom. The van der Waals surface area contributed by atoms with Gasteiger partial charge in [0.1, 0.15) is 12.1 Å². The van der Waals surface area contributed by atoms with Crippen molar-refractivity contribution < 1.29 is 24.2 Å². The maximum Gasteiger partial charge on any atom is 0.410 e. The summed E-state index contributed by atoms with van der Waals surface area (Å²) in [5, 5.41) is 9.93. The van der Waals surface area contributed by atoms with Gasteiger partial charge in [0.05, 0.1) is 0 Å². The number of rotatable bonds is 4. The lowest BCUT2D eigenvalue weighted by Crippen LogP contribution is -2.53. The average molecular weight is 362 g/mol. The van der Waals surface area contributed by atoms with Crippen molar-refractivity contribution in [2.45, 2.75) is 44.8 Å². The molecular formula is C19H26N2O5. The molecule has 142 valence electrons. The molecule has 1 atom stereocenters. The lowest BCUT2D eigenvalue weighted by molar-refractivity contribution is -0.157. The first-order chi connectivity index (χ1) is 12.1. The van der Waals surface area contributed by atoms with Crippen molar-refractivity contribution in [3.8, 4) is 0 Å². The van der Waals surface area contributed by atoms with Gasteiger partial charge in [0, 0.05) is 13.6 Å². The summed E-state index contributed by atoms with van der Waals surface area (Å²) >= 11 is 0. The van der Waals surface area contributed by atoms with Gasteiger partial charge in [-0.1, -0.05) is 30.3 Å². The van der Waals surface area contributed by atoms with E-state index in [2.05, 4.69) is 0 Å². The van der Waals surface area contributed by atoms with Crippen molar-refractivity contribution in [1.29, 1.82) is 0 Å². The van der Waals surface area contributed by atoms with Crippen LogP contribution < -0.4 is 0 Å². The molecule has 0 saturated carbocycles. The summed E-state index contributed by atoms with van der Waals surface area (Å²) in [4.78, 5) is 39.6. The largest absolute Gasteiger partial charge is 0.479 e. The molecule has 1 aromatic rings. The van der Waals surface area contributed by atoms with Crippen LogP contribution in [0, 0.1) is 0 Å². The Morgan fingerprint density at radius 2 is 1.85 bits per heavy atom. The summed E-state index contributed by atoms with van der Waals surface area (Å²) < 4.78 is 5.25. The third-order valence-corrected chi connectivity index (χ3v) is 4.36. The van der Waals surface area contributed by atoms with Gasteiger partial charge in [-0.15, -0.1) is 0 Å². The molecule has 1 fully saturated rings. The zero-order chi connectivity index (χ0) is 19.5. The number of carbonyl (C=O) groups is 3. The first-order valence-electron chi connectivity index (χ1n) is 8.61. The molecule has 2 rings (SSSR count). The molecule has 1 heterocycles. The molecule has 0 unspecified atom stereocenters. The van der Waals surface area contributed by atoms with Gasteiger partial charge in [-0.25, -0.2) is 9.59 Å². The Morgan fingerprint density at radius 1 is 1.23 bits per heavy atom. The van der Waals surface area contributed by atoms with Crippen LogP contribution in [0.25, 0.3) is 0 Å². The quantitative estimate of drug-likeness (QED) is 0.889. The van der Waals surface area contributed by atoms with Crippen molar-refractivity contribution in [2.75, 3.05) is 20.1 Å². The van der Waals surface area contributed by atoms with Crippen LogP contribution in [0.2, 0.25) is 0 Å². The van der Waals surface area contributed by atoms with Gasteiger partial charge in [0.25, 0.3) is 0 Å². The summed E-state index contributed by atoms with van der Waals surface area (Å²) in [6.45, 7) is 5.32. The molecule has 0 aromatic heterocycles. The van der Waals surface area contributed by atoms with Crippen molar-refractivity contribution in [2.24, 2.45) is 0 Å². The van der Waals surface area contributed by atoms with E-state index in [4.69, 9.17) is 4.74 Å². The number of aliphatic carboxylic acids is 1. The molecule has 1 aliphatic rings. The van der Waals surface area contributed by atoms with E-state index in [-0.39, 0.29) is 6.54 Å². The molecule has 1 aliphatic heterocycles. The fraction of sp³-hybridized carbons (Fsp3) is 0.526. The molecule has 7 heteroatoms. The molecule has 0 bridgehead atoms. The van der Waals surface area contributed by atoms with Crippen molar-refractivity contribution in [1.82, 2.24) is 9.80 Å². The van der Waals surface area contributed by atoms with E-state index in [0.29, 0.717) is 24.9 Å². The van der Waals surface area contributed by atoms with E-state index >= 15 is 0 Å². The van der Waals surface area contributed by atoms with Gasteiger partial charge in [-0.3, -0.25) is 4.79 Å². The highest BCUT2D eigenvalue weighted by atomic mass is 16.6. The second kappa shape index (κ2) is 7.35. The third-order valence-electron chi connectivity index (χ3n) is 4.36. The average Bonchev–Trinajstić information content (AvgIpc) is 3.00. The predicted octanol–water partition coefficient (Wildman–Crippen LogP) is 2.46. The molecule has 1 N–H and O–H groups in total. The summed E-state index contributed by atoms with van der Waals surface area (Å²) in [5.41, 5.74) is -1.50. The molecule has 0 aliphatic carbocycles. The maximum absolute atomic E-state index is 12.8. The molecule has 7 nitrogen and oxygen atoms in total. The minimum atomic E-state index is -1.40. The van der Waals surface area contributed by atoms with Crippen LogP contribution >= 0.6 is 0 Å². The molecular weight excluding hydrogens is 336 g/mol. The van der Waals surface area contributed by atoms with Crippen LogP contribution in [-0.2, 0) is 19.9 Å². The minimum absolute atomic E-state index is 0.239. The second-order valence-corrected chi connectivity index (χ2v) is 7.52. The van der Waals surface area contributed by atoms with Gasteiger partial charge in [0.15, 0.2) is 5.54 Å². The van der Waals surface area contributed by atoms with Crippen molar-refractivity contribution in [3.63, 3.8) is 0 Å². The number of carboxylic acid groups (broad SMARTS) is 1. The smallest absolute Gasteiger partial charge is 0.410 e. The highest BCUT2D eigenvalue weighted by molar-refractivity contribution is 5.90. The van der Waals surface area contributed by atoms with E-state index in [1.165, 1.54) is 16.8 Å². The van der Waals surface area contributed by atoms with E-state index in [9.17, 15) is 19.5 Å². The number of ether oxygens (including phenoxy) is 1. The van der Waals surface area contributed by atoms with Gasteiger partial charge in [0.2, 0.25) is 5.91 Å². The summed E-state index contributed by atoms with van der Waals surface area (Å²) in [7, 11) is 1.47. The Bertz CT molecular complexity index is 683. The Labute approximate surface area is 153 Å². The summed E-state index contributed by atoms with van der Waals surface area (Å²) in [6.07, 6.45) is 0.308. The van der Waals surface area contributed by atoms with E-state index in [0.717, 1.165) is 0 Å². The van der Waals surface area contributed by atoms with Crippen LogP contribution in [0.4, 0.5) is 4.79 Å². The first kappa shape index (κ1) is 19.8. The van der Waals surface area contributed by atoms with Gasteiger partial charge in [-0.2, -0.15) is 0 Å². The summed E-state index contributed by atoms with van der Waals surface area (Å²) in [6, 6.07) is 8.76. The molecule has 0 radical (unpaired) electrons. The fourth-order valence-corrected chi connectivity index (χ4v) is 3.21. The number of carboxylic acids is 1. The van der Waals surface area contributed by atoms with E-state index in [1.54, 1.807) is 51.1 Å². The van der Waals surface area contributed by atoms with Gasteiger partial charge < -0.3 is 19.6 Å². The number of hydrogen-bond donors (Lipinski definition) is 1. The SMILES string of the molecule is CN(CC(=O)N1CCC[C@]1(C(=O)O)c1ccccc1)C(=O)OC(C)(C)C. The van der Waals surface area contributed by atoms with Crippen LogP contribution in [-0.4, -0.2) is 58.6 Å². The monoisotopic (exact) mass is 362 g/mol. The number of likely N-dealkylation sites (tertiary alicyclic amines) is 1. The third kappa shape index (κ3) is 3.98. The topological polar surface area (TPSA) is 87.2 Å². The maximum atomic E-state index is 12.8. The van der Waals surface area contributed by atoms with E-state index < -0.39 is 29.1 Å². The van der Waals surface area contributed by atoms with Crippen LogP contribution in [0.3, 0.4) is 0 Å². The Balaban J connectivity index is 2.21. The van der Waals surface area contributed by atoms with Crippen molar-refractivity contribution in [3.05, 3.63) is 35.9 Å². The number of benzene rings is 1. The molecule has 1 saturated heterocycles. The highest BCUT2D eigenvalue weighted by Gasteiger charge is 2.51. The van der Waals surface area contributed by atoms with Gasteiger partial charge in [-0.05, 0) is 39.2 Å². The number of hydrogen-bond acceptors (Lipinski definition) is 4. The number of amides is 2. The lowest BCUT2D eigenvalue weighted by Gasteiger charge is -2.36. The second-order valence-electron chi connectivity index (χ2n) is 7.52. The molecule has 0 spiro atoms. The predicted molar refractivity (Wildman–Crippen MR) is 95.6 cm³/mol. The van der Waals surface area contributed by atoms with Crippen LogP contribution in [0.15, 0.2) is 30.3 Å². The molecule has 26 heavy (non-hydrogen) atoms. The Hall–Kier alpha value is -2.57. The normalized spacial score (nSPS) is 19.9. The highest BCUT2D eigenvalue weighted by Crippen LogP contribution is 2.39. The summed E-state index contributed by atoms with van der Waals surface area (Å²) in [5.74, 6) is -1.48. The lowest BCUT2D eigenvalue weighted by atomic mass is 9.87. The zero-order valence-corrected chi connectivity index (χ0v) is 15.7. The zero-order valence-electron chi connectivity index (χ0n) is 15.7. The number of nitrogens with zero attached hydrogens (tertiary/aromatic N) is 2. The fourth-order valence-electron chi connectivity index (χ4n) is 3.21. The first-order valence-corrected chi connectivity index (χ1v) is 8.61.